The second-order valence-corrected chi connectivity index (χ2v) is 9.63. The molecule has 5 fully saturated rings. The molecule has 1 heterocycles. The highest BCUT2D eigenvalue weighted by molar-refractivity contribution is 7.80. The number of amides is 1. The van der Waals surface area contributed by atoms with Gasteiger partial charge >= 0.3 is 0 Å². The van der Waals surface area contributed by atoms with Crippen molar-refractivity contribution in [1.29, 1.82) is 0 Å². The van der Waals surface area contributed by atoms with Gasteiger partial charge in [-0.05, 0) is 73.6 Å². The van der Waals surface area contributed by atoms with Crippen LogP contribution in [0.4, 0.5) is 0 Å². The third kappa shape index (κ3) is 2.99. The molecule has 1 aromatic rings. The van der Waals surface area contributed by atoms with Gasteiger partial charge in [0, 0.05) is 13.1 Å². The monoisotopic (exact) mass is 384 g/mol. The van der Waals surface area contributed by atoms with Crippen LogP contribution in [-0.4, -0.2) is 42.2 Å². The summed E-state index contributed by atoms with van der Waals surface area (Å²) >= 11 is 5.56. The lowest BCUT2D eigenvalue weighted by Gasteiger charge is -2.61. The number of thiocarbonyl (C=S) groups is 1. The first-order chi connectivity index (χ1) is 13.1. The van der Waals surface area contributed by atoms with E-state index in [0.29, 0.717) is 30.2 Å². The van der Waals surface area contributed by atoms with Crippen LogP contribution in [0.1, 0.15) is 44.1 Å². The highest BCUT2D eigenvalue weighted by Gasteiger charge is 2.61. The lowest BCUT2D eigenvalue weighted by atomic mass is 9.42. The fourth-order valence-electron chi connectivity index (χ4n) is 6.73. The Labute approximate surface area is 166 Å². The fraction of sp³-hybridized carbons (Fsp3) is 0.636. The molecule has 144 valence electrons. The van der Waals surface area contributed by atoms with E-state index in [1.54, 1.807) is 0 Å². The third-order valence-electron chi connectivity index (χ3n) is 7.45. The summed E-state index contributed by atoms with van der Waals surface area (Å²) in [6, 6.07) is 10.9. The first-order valence-corrected chi connectivity index (χ1v) is 10.7. The number of nitrogens with zero attached hydrogens (tertiary/aromatic N) is 1. The second-order valence-electron chi connectivity index (χ2n) is 9.25. The van der Waals surface area contributed by atoms with Crippen molar-refractivity contribution in [3.63, 3.8) is 0 Å². The molecule has 1 N–H and O–H groups in total. The molecule has 0 radical (unpaired) electrons. The Morgan fingerprint density at radius 2 is 1.74 bits per heavy atom. The summed E-state index contributed by atoms with van der Waals surface area (Å²) in [4.78, 5) is 15.5. The van der Waals surface area contributed by atoms with Crippen LogP contribution in [-0.2, 0) is 14.9 Å². The highest BCUT2D eigenvalue weighted by Crippen LogP contribution is 2.65. The third-order valence-corrected chi connectivity index (χ3v) is 7.81. The van der Waals surface area contributed by atoms with Gasteiger partial charge in [0.05, 0.1) is 18.6 Å². The summed E-state index contributed by atoms with van der Waals surface area (Å²) in [5.74, 6) is 1.52. The van der Waals surface area contributed by atoms with E-state index in [1.807, 2.05) is 0 Å². The van der Waals surface area contributed by atoms with E-state index in [-0.39, 0.29) is 16.7 Å². The molecule has 4 saturated carbocycles. The predicted molar refractivity (Wildman–Crippen MR) is 108 cm³/mol. The van der Waals surface area contributed by atoms with Crippen LogP contribution >= 0.6 is 12.2 Å². The standard InChI is InChI=1S/C22H28N2O2S/c25-19(23-20(27)24-6-8-26-9-7-24)22-13-16-10-17(14-22)12-21(11-16,15-22)18-4-2-1-3-5-18/h1-5,16-17H,6-15H2,(H,23,25,27)/t16-,17-,21?,22?/m0/s1. The summed E-state index contributed by atoms with van der Waals surface area (Å²) in [6.45, 7) is 2.90. The number of nitrogens with one attached hydrogen (secondary N) is 1. The molecule has 4 aliphatic carbocycles. The number of ether oxygens (including phenoxy) is 1. The van der Waals surface area contributed by atoms with Crippen molar-refractivity contribution in [3.05, 3.63) is 35.9 Å². The average molecular weight is 385 g/mol. The summed E-state index contributed by atoms with van der Waals surface area (Å²) in [7, 11) is 0. The number of morpholine rings is 1. The Morgan fingerprint density at radius 1 is 1.07 bits per heavy atom. The molecule has 27 heavy (non-hydrogen) atoms. The minimum Gasteiger partial charge on any atom is -0.378 e. The van der Waals surface area contributed by atoms with Crippen LogP contribution in [0.25, 0.3) is 0 Å². The zero-order valence-corrected chi connectivity index (χ0v) is 16.6. The van der Waals surface area contributed by atoms with Crippen molar-refractivity contribution < 1.29 is 9.53 Å². The van der Waals surface area contributed by atoms with Gasteiger partial charge in [0.1, 0.15) is 0 Å². The van der Waals surface area contributed by atoms with Gasteiger partial charge in [0.25, 0.3) is 0 Å². The predicted octanol–water partition coefficient (Wildman–Crippen LogP) is 3.26. The first-order valence-electron chi connectivity index (χ1n) is 10.3. The van der Waals surface area contributed by atoms with Crippen molar-refractivity contribution in [1.82, 2.24) is 10.2 Å². The van der Waals surface area contributed by atoms with Crippen LogP contribution in [0, 0.1) is 17.3 Å². The summed E-state index contributed by atoms with van der Waals surface area (Å²) < 4.78 is 5.40. The quantitative estimate of drug-likeness (QED) is 0.795. The Hall–Kier alpha value is -1.46. The van der Waals surface area contributed by atoms with Crippen molar-refractivity contribution in [3.8, 4) is 0 Å². The summed E-state index contributed by atoms with van der Waals surface area (Å²) in [5.41, 5.74) is 1.38. The molecule has 1 amide bonds. The Morgan fingerprint density at radius 3 is 2.41 bits per heavy atom. The minimum absolute atomic E-state index is 0.174. The molecule has 1 aliphatic heterocycles. The minimum atomic E-state index is -0.240. The first kappa shape index (κ1) is 17.6. The molecular formula is C22H28N2O2S. The zero-order valence-electron chi connectivity index (χ0n) is 15.8. The molecule has 2 atom stereocenters. The van der Waals surface area contributed by atoms with Gasteiger partial charge < -0.3 is 15.0 Å². The Kier molecular flexibility index (Phi) is 4.28. The van der Waals surface area contributed by atoms with Gasteiger partial charge in [-0.1, -0.05) is 30.3 Å². The molecule has 5 aliphatic rings. The second kappa shape index (κ2) is 6.56. The van der Waals surface area contributed by atoms with Crippen molar-refractivity contribution in [2.45, 2.75) is 43.9 Å². The van der Waals surface area contributed by atoms with Crippen LogP contribution in [0.15, 0.2) is 30.3 Å². The molecule has 5 heteroatoms. The van der Waals surface area contributed by atoms with E-state index >= 15 is 0 Å². The zero-order chi connectivity index (χ0) is 18.5. The molecule has 1 saturated heterocycles. The largest absolute Gasteiger partial charge is 0.378 e. The SMILES string of the molecule is O=C(NC(=S)N1CCOCC1)C12C[C@H]3C[C@H](C1)CC(c1ccccc1)(C3)C2. The molecule has 4 nitrogen and oxygen atoms in total. The number of carbonyl (C=O) groups excluding carboxylic acids is 1. The lowest BCUT2D eigenvalue weighted by molar-refractivity contribution is -0.147. The summed E-state index contributed by atoms with van der Waals surface area (Å²) in [5, 5.41) is 3.73. The van der Waals surface area contributed by atoms with Gasteiger partial charge in [0.15, 0.2) is 5.11 Å². The van der Waals surface area contributed by atoms with Crippen LogP contribution in [0.2, 0.25) is 0 Å². The molecular weight excluding hydrogens is 356 g/mol. The fourth-order valence-corrected chi connectivity index (χ4v) is 7.01. The summed E-state index contributed by atoms with van der Waals surface area (Å²) in [6.07, 6.45) is 6.85. The number of rotatable bonds is 2. The van der Waals surface area contributed by atoms with Crippen LogP contribution in [0.5, 0.6) is 0 Å². The van der Waals surface area contributed by atoms with E-state index in [9.17, 15) is 4.79 Å². The molecule has 0 spiro atoms. The number of hydrogen-bond donors (Lipinski definition) is 1. The van der Waals surface area contributed by atoms with Crippen molar-refractivity contribution in [2.24, 2.45) is 17.3 Å². The Bertz CT molecular complexity index is 730. The van der Waals surface area contributed by atoms with Crippen molar-refractivity contribution in [2.75, 3.05) is 26.3 Å². The topological polar surface area (TPSA) is 41.6 Å². The lowest BCUT2D eigenvalue weighted by Crippen LogP contribution is -2.60. The van der Waals surface area contributed by atoms with Gasteiger partial charge in [0.2, 0.25) is 5.91 Å². The molecule has 0 unspecified atom stereocenters. The van der Waals surface area contributed by atoms with E-state index in [4.69, 9.17) is 17.0 Å². The smallest absolute Gasteiger partial charge is 0.232 e. The van der Waals surface area contributed by atoms with Gasteiger partial charge in [-0.2, -0.15) is 0 Å². The molecule has 6 rings (SSSR count). The molecule has 1 aromatic carbocycles. The van der Waals surface area contributed by atoms with Crippen LogP contribution in [0.3, 0.4) is 0 Å². The Balaban J connectivity index is 1.39. The maximum atomic E-state index is 13.5. The van der Waals surface area contributed by atoms with Gasteiger partial charge in [-0.25, -0.2) is 0 Å². The number of hydrogen-bond acceptors (Lipinski definition) is 3. The average Bonchev–Trinajstić information content (AvgIpc) is 2.68. The molecule has 4 bridgehead atoms. The highest BCUT2D eigenvalue weighted by atomic mass is 32.1. The van der Waals surface area contributed by atoms with E-state index in [0.717, 1.165) is 32.4 Å². The van der Waals surface area contributed by atoms with E-state index < -0.39 is 0 Å². The number of carbonyl (C=O) groups is 1. The maximum Gasteiger partial charge on any atom is 0.232 e. The van der Waals surface area contributed by atoms with E-state index in [2.05, 4.69) is 40.5 Å². The number of benzene rings is 1. The van der Waals surface area contributed by atoms with Gasteiger partial charge in [-0.3, -0.25) is 4.79 Å². The normalized spacial score (nSPS) is 37.3. The van der Waals surface area contributed by atoms with Crippen molar-refractivity contribution >= 4 is 23.2 Å². The van der Waals surface area contributed by atoms with Gasteiger partial charge in [-0.15, -0.1) is 0 Å². The van der Waals surface area contributed by atoms with E-state index in [1.165, 1.54) is 24.8 Å². The van der Waals surface area contributed by atoms with Crippen LogP contribution < -0.4 is 5.32 Å². The maximum absolute atomic E-state index is 13.5. The molecule has 0 aromatic heterocycles.